The third-order valence-electron chi connectivity index (χ3n) is 6.29. The third kappa shape index (κ3) is 7.40. The van der Waals surface area contributed by atoms with Crippen LogP contribution in [0.5, 0.6) is 5.75 Å². The Labute approximate surface area is 173 Å². The maximum Gasteiger partial charge on any atom is 0.119 e. The van der Waals surface area contributed by atoms with Crippen molar-refractivity contribution in [3.05, 3.63) is 29.8 Å². The molecule has 1 aromatic carbocycles. The maximum atomic E-state index is 6.16. The number of hydrogen-bond donors (Lipinski definition) is 1. The quantitative estimate of drug-likeness (QED) is 0.447. The molecule has 28 heavy (non-hydrogen) atoms. The van der Waals surface area contributed by atoms with Crippen LogP contribution < -0.4 is 10.1 Å². The molecule has 0 radical (unpaired) electrons. The van der Waals surface area contributed by atoms with Gasteiger partial charge >= 0.3 is 0 Å². The predicted molar refractivity (Wildman–Crippen MR) is 119 cm³/mol. The van der Waals surface area contributed by atoms with Crippen molar-refractivity contribution in [2.24, 2.45) is 11.3 Å². The molecule has 0 spiro atoms. The Bertz CT molecular complexity index is 568. The van der Waals surface area contributed by atoms with Gasteiger partial charge in [-0.05, 0) is 88.4 Å². The van der Waals surface area contributed by atoms with E-state index in [1.807, 2.05) is 0 Å². The fourth-order valence-electron chi connectivity index (χ4n) is 4.36. The van der Waals surface area contributed by atoms with E-state index >= 15 is 0 Å². The molecule has 1 N–H and O–H groups in total. The smallest absolute Gasteiger partial charge is 0.119 e. The Morgan fingerprint density at radius 2 is 1.82 bits per heavy atom. The highest BCUT2D eigenvalue weighted by Crippen LogP contribution is 2.46. The van der Waals surface area contributed by atoms with Gasteiger partial charge in [-0.2, -0.15) is 0 Å². The van der Waals surface area contributed by atoms with Crippen LogP contribution >= 0.6 is 0 Å². The van der Waals surface area contributed by atoms with Crippen molar-refractivity contribution in [3.8, 4) is 5.75 Å². The lowest BCUT2D eigenvalue weighted by molar-refractivity contribution is -0.122. The third-order valence-corrected chi connectivity index (χ3v) is 6.29. The van der Waals surface area contributed by atoms with Crippen LogP contribution in [0.3, 0.4) is 0 Å². The average Bonchev–Trinajstić information content (AvgIpc) is 2.65. The van der Waals surface area contributed by atoms with E-state index in [4.69, 9.17) is 9.47 Å². The highest BCUT2D eigenvalue weighted by atomic mass is 16.5. The molecule has 0 amide bonds. The van der Waals surface area contributed by atoms with Crippen molar-refractivity contribution in [2.45, 2.75) is 98.3 Å². The second-order valence-electron chi connectivity index (χ2n) is 9.75. The van der Waals surface area contributed by atoms with E-state index in [-0.39, 0.29) is 11.7 Å². The molecule has 2 rings (SSSR count). The van der Waals surface area contributed by atoms with Gasteiger partial charge in [-0.3, -0.25) is 0 Å². The van der Waals surface area contributed by atoms with Crippen molar-refractivity contribution in [3.63, 3.8) is 0 Å². The summed E-state index contributed by atoms with van der Waals surface area (Å²) < 4.78 is 11.9. The molecular weight excluding hydrogens is 346 g/mol. The van der Waals surface area contributed by atoms with Crippen molar-refractivity contribution >= 4 is 0 Å². The summed E-state index contributed by atoms with van der Waals surface area (Å²) in [6.45, 7) is 16.3. The maximum absolute atomic E-state index is 6.16. The molecule has 0 bridgehead atoms. The summed E-state index contributed by atoms with van der Waals surface area (Å²) in [4.78, 5) is 0. The Kier molecular flexibility index (Phi) is 8.82. The fraction of sp³-hybridized carbons (Fsp3) is 0.760. The normalized spacial score (nSPS) is 25.4. The second kappa shape index (κ2) is 10.6. The number of nitrogens with one attached hydrogen (secondary N) is 1. The molecule has 1 aliphatic heterocycles. The van der Waals surface area contributed by atoms with E-state index in [2.05, 4.69) is 71.1 Å². The van der Waals surface area contributed by atoms with Crippen LogP contribution in [-0.2, 0) is 11.3 Å². The lowest BCUT2D eigenvalue weighted by atomic mass is 9.67. The molecule has 3 nitrogen and oxygen atoms in total. The van der Waals surface area contributed by atoms with Gasteiger partial charge in [0.15, 0.2) is 0 Å². The molecule has 0 saturated carbocycles. The zero-order valence-corrected chi connectivity index (χ0v) is 19.1. The summed E-state index contributed by atoms with van der Waals surface area (Å²) in [5, 5.41) is 3.69. The van der Waals surface area contributed by atoms with Gasteiger partial charge in [-0.25, -0.2) is 0 Å². The summed E-state index contributed by atoms with van der Waals surface area (Å²) in [7, 11) is 0. The molecule has 0 unspecified atom stereocenters. The summed E-state index contributed by atoms with van der Waals surface area (Å²) in [5.41, 5.74) is 1.80. The Hall–Kier alpha value is -1.06. The summed E-state index contributed by atoms with van der Waals surface area (Å²) in [5.74, 6) is 1.72. The molecule has 0 aromatic heterocycles. The Morgan fingerprint density at radius 3 is 2.43 bits per heavy atom. The summed E-state index contributed by atoms with van der Waals surface area (Å²) in [6, 6.07) is 8.49. The van der Waals surface area contributed by atoms with Crippen LogP contribution in [-0.4, -0.2) is 24.9 Å². The Balaban J connectivity index is 1.87. The fourth-order valence-corrected chi connectivity index (χ4v) is 4.36. The largest absolute Gasteiger partial charge is 0.491 e. The monoisotopic (exact) mass is 389 g/mol. The minimum atomic E-state index is 0.0570. The van der Waals surface area contributed by atoms with E-state index in [0.29, 0.717) is 5.41 Å². The molecule has 1 heterocycles. The standard InChI is InChI=1S/C25H43NO2/c1-7-24(6)19-25(15-17-27-24,13-12-20(2)3)14-16-26-18-22-8-10-23(11-9-22)28-21(4)5/h8-11,20-21,26H,7,12-19H2,1-6H3/t24-,25+/m1/s1. The molecule has 3 heteroatoms. The predicted octanol–water partition coefficient (Wildman–Crippen LogP) is 6.36. The van der Waals surface area contributed by atoms with Crippen LogP contribution in [0.25, 0.3) is 0 Å². The first kappa shape index (κ1) is 23.2. The molecule has 0 aliphatic carbocycles. The molecule has 2 atom stereocenters. The van der Waals surface area contributed by atoms with Gasteiger partial charge in [0.1, 0.15) is 5.75 Å². The molecule has 1 aromatic rings. The van der Waals surface area contributed by atoms with E-state index in [0.717, 1.165) is 37.8 Å². The minimum absolute atomic E-state index is 0.0570. The van der Waals surface area contributed by atoms with Crippen LogP contribution in [0.1, 0.15) is 85.6 Å². The van der Waals surface area contributed by atoms with E-state index in [9.17, 15) is 0 Å². The van der Waals surface area contributed by atoms with Crippen LogP contribution in [0.2, 0.25) is 0 Å². The van der Waals surface area contributed by atoms with E-state index in [1.165, 1.54) is 37.7 Å². The van der Waals surface area contributed by atoms with Gasteiger partial charge in [0.25, 0.3) is 0 Å². The SMILES string of the molecule is CC[C@]1(C)C[C@](CCNCc2ccc(OC(C)C)cc2)(CCC(C)C)CCO1. The summed E-state index contributed by atoms with van der Waals surface area (Å²) in [6.07, 6.45) is 7.62. The van der Waals surface area contributed by atoms with E-state index in [1.54, 1.807) is 0 Å². The van der Waals surface area contributed by atoms with Gasteiger partial charge in [0.2, 0.25) is 0 Å². The Morgan fingerprint density at radius 1 is 1.11 bits per heavy atom. The van der Waals surface area contributed by atoms with Crippen molar-refractivity contribution in [1.82, 2.24) is 5.32 Å². The molecule has 1 saturated heterocycles. The lowest BCUT2D eigenvalue weighted by Gasteiger charge is -2.47. The minimum Gasteiger partial charge on any atom is -0.491 e. The van der Waals surface area contributed by atoms with Crippen molar-refractivity contribution in [2.75, 3.05) is 13.2 Å². The van der Waals surface area contributed by atoms with Crippen molar-refractivity contribution in [1.29, 1.82) is 0 Å². The number of ether oxygens (including phenoxy) is 2. The zero-order chi connectivity index (χ0) is 20.6. The topological polar surface area (TPSA) is 30.5 Å². The van der Waals surface area contributed by atoms with Crippen molar-refractivity contribution < 1.29 is 9.47 Å². The average molecular weight is 390 g/mol. The number of hydrogen-bond acceptors (Lipinski definition) is 3. The molecule has 160 valence electrons. The molecule has 1 fully saturated rings. The van der Waals surface area contributed by atoms with Gasteiger partial charge < -0.3 is 14.8 Å². The second-order valence-corrected chi connectivity index (χ2v) is 9.75. The number of benzene rings is 1. The van der Waals surface area contributed by atoms with Crippen LogP contribution in [0.4, 0.5) is 0 Å². The van der Waals surface area contributed by atoms with Gasteiger partial charge in [-0.1, -0.05) is 39.3 Å². The first-order valence-corrected chi connectivity index (χ1v) is 11.4. The number of rotatable bonds is 11. The van der Waals surface area contributed by atoms with Gasteiger partial charge in [0, 0.05) is 13.2 Å². The zero-order valence-electron chi connectivity index (χ0n) is 19.1. The first-order valence-electron chi connectivity index (χ1n) is 11.4. The van der Waals surface area contributed by atoms with Crippen LogP contribution in [0, 0.1) is 11.3 Å². The lowest BCUT2D eigenvalue weighted by Crippen LogP contribution is -2.44. The first-order chi connectivity index (χ1) is 13.3. The molecular formula is C25H43NO2. The van der Waals surface area contributed by atoms with Gasteiger partial charge in [0.05, 0.1) is 11.7 Å². The highest BCUT2D eigenvalue weighted by molar-refractivity contribution is 5.27. The van der Waals surface area contributed by atoms with Gasteiger partial charge in [-0.15, -0.1) is 0 Å². The van der Waals surface area contributed by atoms with Crippen LogP contribution in [0.15, 0.2) is 24.3 Å². The highest BCUT2D eigenvalue weighted by Gasteiger charge is 2.41. The molecule has 1 aliphatic rings. The summed E-state index contributed by atoms with van der Waals surface area (Å²) >= 11 is 0. The van der Waals surface area contributed by atoms with E-state index < -0.39 is 0 Å².